The Hall–Kier alpha value is -3.28. The van der Waals surface area contributed by atoms with Crippen molar-refractivity contribution in [3.8, 4) is 5.75 Å². The molecule has 1 fully saturated rings. The van der Waals surface area contributed by atoms with Crippen LogP contribution in [0.4, 0.5) is 31.1 Å². The normalized spacial score (nSPS) is 17.9. The highest BCUT2D eigenvalue weighted by molar-refractivity contribution is 6.07. The Morgan fingerprint density at radius 1 is 0.909 bits per heavy atom. The van der Waals surface area contributed by atoms with Gasteiger partial charge in [-0.1, -0.05) is 64.8 Å². The summed E-state index contributed by atoms with van der Waals surface area (Å²) >= 11 is 0. The quantitative estimate of drug-likeness (QED) is 0.135. The number of nitrogens with zero attached hydrogens (tertiary/aromatic N) is 1. The van der Waals surface area contributed by atoms with E-state index in [1.54, 1.807) is 20.8 Å². The minimum Gasteiger partial charge on any atom is -0.493 e. The molecule has 0 radical (unpaired) electrons. The lowest BCUT2D eigenvalue weighted by Gasteiger charge is -2.33. The molecule has 1 aliphatic heterocycles. The number of ether oxygens (including phenoxy) is 1. The Bertz CT molecular complexity index is 1280. The summed E-state index contributed by atoms with van der Waals surface area (Å²) in [7, 11) is 0. The molecule has 1 heterocycles. The Morgan fingerprint density at radius 3 is 1.89 bits per heavy atom. The van der Waals surface area contributed by atoms with E-state index in [-0.39, 0.29) is 42.9 Å². The highest BCUT2D eigenvalue weighted by Crippen LogP contribution is 2.51. The third-order valence-electron chi connectivity index (χ3n) is 7.97. The molecule has 0 aliphatic carbocycles. The van der Waals surface area contributed by atoms with Crippen molar-refractivity contribution in [2.45, 2.75) is 103 Å². The molecule has 0 aromatic heterocycles. The van der Waals surface area contributed by atoms with Crippen LogP contribution in [0.1, 0.15) is 94.0 Å². The summed E-state index contributed by atoms with van der Waals surface area (Å²) in [5.41, 5.74) is -5.52. The zero-order chi connectivity index (χ0) is 33.1. The average molecular weight is 631 g/mol. The Balaban J connectivity index is 1.74. The van der Waals surface area contributed by atoms with E-state index in [9.17, 15) is 41.0 Å². The average Bonchev–Trinajstić information content (AvgIpc) is 3.16. The van der Waals surface area contributed by atoms with Crippen LogP contribution >= 0.6 is 0 Å². The van der Waals surface area contributed by atoms with Crippen molar-refractivity contribution in [1.29, 1.82) is 0 Å². The molecule has 1 aliphatic rings. The third kappa shape index (κ3) is 6.84. The lowest BCUT2D eigenvalue weighted by molar-refractivity contribution is -0.376. The second kappa shape index (κ2) is 13.4. The number of amides is 3. The first kappa shape index (κ1) is 35.2. The van der Waals surface area contributed by atoms with Gasteiger partial charge in [-0.25, -0.2) is 4.79 Å². The van der Waals surface area contributed by atoms with Crippen LogP contribution in [0, 0.1) is 0 Å². The smallest absolute Gasteiger partial charge is 0.430 e. The van der Waals surface area contributed by atoms with Crippen molar-refractivity contribution in [1.82, 2.24) is 10.2 Å². The zero-order valence-electron chi connectivity index (χ0n) is 25.6. The monoisotopic (exact) mass is 630 g/mol. The van der Waals surface area contributed by atoms with Gasteiger partial charge in [0.05, 0.1) is 6.61 Å². The van der Waals surface area contributed by atoms with Gasteiger partial charge in [0, 0.05) is 12.1 Å². The number of unbranched alkanes of at least 4 members (excludes halogenated alkanes) is 1. The lowest BCUT2D eigenvalue weighted by atomic mass is 9.87. The molecule has 1 saturated heterocycles. The molecule has 0 bridgehead atoms. The first-order valence-electron chi connectivity index (χ1n) is 14.8. The number of benzene rings is 2. The van der Waals surface area contributed by atoms with E-state index >= 15 is 0 Å². The number of rotatable bonds is 13. The molecule has 2 aromatic carbocycles. The highest BCUT2D eigenvalue weighted by Gasteiger charge is 2.71. The van der Waals surface area contributed by atoms with Gasteiger partial charge in [0.1, 0.15) is 11.3 Å². The number of carbonyl (C=O) groups is 2. The number of nitrogens with one attached hydrogen (secondary N) is 1. The predicted octanol–water partition coefficient (Wildman–Crippen LogP) is 7.65. The molecule has 3 rings (SSSR count). The summed E-state index contributed by atoms with van der Waals surface area (Å²) in [5.74, 6) is 0.103. The van der Waals surface area contributed by atoms with E-state index < -0.39 is 41.0 Å². The van der Waals surface area contributed by atoms with E-state index in [0.717, 1.165) is 22.6 Å². The lowest BCUT2D eigenvalue weighted by Crippen LogP contribution is -2.54. The number of halogens is 6. The summed E-state index contributed by atoms with van der Waals surface area (Å²) in [6.07, 6.45) is -10.2. The largest absolute Gasteiger partial charge is 0.493 e. The van der Waals surface area contributed by atoms with Gasteiger partial charge in [0.2, 0.25) is 0 Å². The first-order valence-corrected chi connectivity index (χ1v) is 14.8. The Morgan fingerprint density at radius 2 is 1.43 bits per heavy atom. The molecule has 1 unspecified atom stereocenters. The van der Waals surface area contributed by atoms with Crippen LogP contribution < -0.4 is 10.1 Å². The van der Waals surface area contributed by atoms with Crippen molar-refractivity contribution in [3.05, 3.63) is 64.2 Å². The molecule has 2 N–H and O–H groups in total. The minimum absolute atomic E-state index is 0.0488. The fraction of sp³-hybridized carbons (Fsp3) is 0.562. The number of aryl methyl sites for hydroxylation is 2. The van der Waals surface area contributed by atoms with Crippen LogP contribution in [-0.4, -0.2) is 47.4 Å². The molecule has 0 saturated carbocycles. The van der Waals surface area contributed by atoms with Crippen molar-refractivity contribution in [3.63, 3.8) is 0 Å². The van der Waals surface area contributed by atoms with Crippen molar-refractivity contribution in [2.24, 2.45) is 0 Å². The fourth-order valence-electron chi connectivity index (χ4n) is 5.39. The SMILES string of the molecule is CCCc1cc(C(O)(C(F)(F)F)C(F)(F)F)cc(CCC)c1OCCCCN1C(=O)NC(C)(c2ccc(C(C)C)cc2)C1=O. The van der Waals surface area contributed by atoms with E-state index in [0.29, 0.717) is 37.2 Å². The number of hydrogen-bond acceptors (Lipinski definition) is 4. The maximum absolute atomic E-state index is 13.6. The highest BCUT2D eigenvalue weighted by atomic mass is 19.4. The van der Waals surface area contributed by atoms with Gasteiger partial charge < -0.3 is 15.2 Å². The topological polar surface area (TPSA) is 78.9 Å². The first-order chi connectivity index (χ1) is 20.4. The van der Waals surface area contributed by atoms with Crippen molar-refractivity contribution < 1.29 is 45.8 Å². The van der Waals surface area contributed by atoms with E-state index in [2.05, 4.69) is 19.2 Å². The molecule has 2 aromatic rings. The molecule has 44 heavy (non-hydrogen) atoms. The van der Waals surface area contributed by atoms with Gasteiger partial charge in [-0.2, -0.15) is 26.3 Å². The van der Waals surface area contributed by atoms with Crippen LogP contribution in [0.15, 0.2) is 36.4 Å². The second-order valence-corrected chi connectivity index (χ2v) is 11.7. The van der Waals surface area contributed by atoms with Gasteiger partial charge >= 0.3 is 18.4 Å². The molecule has 3 amide bonds. The number of carbonyl (C=O) groups excluding carboxylic acids is 2. The Kier molecular flexibility index (Phi) is 10.7. The predicted molar refractivity (Wildman–Crippen MR) is 153 cm³/mol. The summed E-state index contributed by atoms with van der Waals surface area (Å²) in [5, 5.41) is 12.8. The molecular formula is C32H40F6N2O4. The molecule has 0 spiro atoms. The number of aliphatic hydroxyl groups is 1. The fourth-order valence-corrected chi connectivity index (χ4v) is 5.39. The summed E-state index contributed by atoms with van der Waals surface area (Å²) in [6, 6.07) is 8.40. The van der Waals surface area contributed by atoms with E-state index in [4.69, 9.17) is 4.74 Å². The van der Waals surface area contributed by atoms with Gasteiger partial charge in [-0.3, -0.25) is 9.69 Å². The molecule has 1 atom stereocenters. The number of urea groups is 1. The zero-order valence-corrected chi connectivity index (χ0v) is 25.6. The van der Waals surface area contributed by atoms with Crippen LogP contribution in [0.5, 0.6) is 5.75 Å². The summed E-state index contributed by atoms with van der Waals surface area (Å²) in [4.78, 5) is 27.1. The minimum atomic E-state index is -5.99. The molecule has 244 valence electrons. The van der Waals surface area contributed by atoms with Gasteiger partial charge in [0.15, 0.2) is 0 Å². The van der Waals surface area contributed by atoms with Gasteiger partial charge in [-0.15, -0.1) is 0 Å². The van der Waals surface area contributed by atoms with Crippen LogP contribution in [0.3, 0.4) is 0 Å². The number of alkyl halides is 6. The van der Waals surface area contributed by atoms with Crippen molar-refractivity contribution in [2.75, 3.05) is 13.2 Å². The maximum atomic E-state index is 13.6. The number of hydrogen-bond donors (Lipinski definition) is 2. The molecular weight excluding hydrogens is 590 g/mol. The van der Waals surface area contributed by atoms with Crippen molar-refractivity contribution >= 4 is 11.9 Å². The molecule has 12 heteroatoms. The maximum Gasteiger partial charge on any atom is 0.430 e. The summed E-state index contributed by atoms with van der Waals surface area (Å²) < 4.78 is 87.7. The third-order valence-corrected chi connectivity index (χ3v) is 7.97. The van der Waals surface area contributed by atoms with E-state index in [1.165, 1.54) is 0 Å². The van der Waals surface area contributed by atoms with Crippen LogP contribution in [-0.2, 0) is 28.8 Å². The summed E-state index contributed by atoms with van der Waals surface area (Å²) in [6.45, 7) is 9.34. The van der Waals surface area contributed by atoms with E-state index in [1.807, 2.05) is 24.3 Å². The van der Waals surface area contributed by atoms with Gasteiger partial charge in [0.25, 0.3) is 11.5 Å². The van der Waals surface area contributed by atoms with Crippen LogP contribution in [0.2, 0.25) is 0 Å². The van der Waals surface area contributed by atoms with Crippen LogP contribution in [0.25, 0.3) is 0 Å². The standard InChI is InChI=1S/C32H40F6N2O4/c1-6-10-22-18-25(30(43,31(33,34)35)32(36,37)38)19-23(11-7-2)26(22)44-17-9-8-16-40-27(41)29(5,39-28(40)42)24-14-12-21(13-15-24)20(3)4/h12-15,18-20,43H,6-11,16-17H2,1-5H3,(H,39,42). The Labute approximate surface area is 253 Å². The number of imide groups is 1. The second-order valence-electron chi connectivity index (χ2n) is 11.7. The molecule has 6 nitrogen and oxygen atoms in total. The van der Waals surface area contributed by atoms with Gasteiger partial charge in [-0.05, 0) is 72.9 Å².